The molecule has 1 fully saturated rings. The minimum Gasteiger partial charge on any atom is -0.314 e. The molecule has 2 aromatic rings. The normalized spacial score (nSPS) is 18.6. The first-order chi connectivity index (χ1) is 13.5. The molecule has 0 bridgehead atoms. The van der Waals surface area contributed by atoms with Crippen molar-refractivity contribution < 1.29 is 14.0 Å². The number of aliphatic imine (C=N–C) groups is 1. The quantitative estimate of drug-likeness (QED) is 0.874. The maximum Gasteiger partial charge on any atom is 0.240 e. The fourth-order valence-electron chi connectivity index (χ4n) is 3.39. The third-order valence-corrected chi connectivity index (χ3v) is 5.14. The summed E-state index contributed by atoms with van der Waals surface area (Å²) in [7, 11) is 1.70. The smallest absolute Gasteiger partial charge is 0.240 e. The molecule has 4 rings (SSSR count). The number of hydrogen-bond acceptors (Lipinski definition) is 6. The van der Waals surface area contributed by atoms with Crippen LogP contribution in [0.2, 0.25) is 0 Å². The van der Waals surface area contributed by atoms with Crippen molar-refractivity contribution in [2.75, 3.05) is 31.6 Å². The number of likely N-dealkylation sites (tertiary alicyclic amines) is 1. The van der Waals surface area contributed by atoms with Crippen LogP contribution in [0.25, 0.3) is 0 Å². The van der Waals surface area contributed by atoms with Gasteiger partial charge in [0.2, 0.25) is 5.91 Å². The van der Waals surface area contributed by atoms with Crippen LogP contribution in [0.4, 0.5) is 10.1 Å². The summed E-state index contributed by atoms with van der Waals surface area (Å²) in [6.45, 7) is 1.70. The maximum atomic E-state index is 13.1. The van der Waals surface area contributed by atoms with Gasteiger partial charge in [-0.15, -0.1) is 0 Å². The number of amides is 1. The molecular weight excluding hydrogens is 361 g/mol. The van der Waals surface area contributed by atoms with E-state index in [1.807, 2.05) is 18.2 Å². The van der Waals surface area contributed by atoms with Crippen LogP contribution >= 0.6 is 0 Å². The van der Waals surface area contributed by atoms with E-state index in [0.717, 1.165) is 5.69 Å². The van der Waals surface area contributed by atoms with Gasteiger partial charge < -0.3 is 4.90 Å². The molecule has 1 N–H and O–H groups in total. The zero-order valence-corrected chi connectivity index (χ0v) is 15.6. The third-order valence-electron chi connectivity index (χ3n) is 5.14. The number of hydroxylamine groups is 1. The maximum absolute atomic E-state index is 13.1. The molecule has 0 atom stereocenters. The third kappa shape index (κ3) is 3.88. The van der Waals surface area contributed by atoms with Crippen molar-refractivity contribution in [1.82, 2.24) is 15.4 Å². The molecule has 1 saturated heterocycles. The summed E-state index contributed by atoms with van der Waals surface area (Å²) in [6.07, 6.45) is 3.09. The highest BCUT2D eigenvalue weighted by molar-refractivity contribution is 5.97. The number of nitrogens with zero attached hydrogens (tertiary/aromatic N) is 4. The van der Waals surface area contributed by atoms with Gasteiger partial charge >= 0.3 is 0 Å². The number of hydrogen-bond donors (Lipinski definition) is 1. The fourth-order valence-corrected chi connectivity index (χ4v) is 3.39. The van der Waals surface area contributed by atoms with Gasteiger partial charge in [0, 0.05) is 44.9 Å². The van der Waals surface area contributed by atoms with Crippen molar-refractivity contribution in [2.45, 2.75) is 18.6 Å². The van der Waals surface area contributed by atoms with Crippen LogP contribution in [0.3, 0.4) is 0 Å². The summed E-state index contributed by atoms with van der Waals surface area (Å²) in [4.78, 5) is 31.0. The summed E-state index contributed by atoms with van der Waals surface area (Å²) in [6, 6.07) is 11.6. The summed E-state index contributed by atoms with van der Waals surface area (Å²) >= 11 is 0. The Morgan fingerprint density at radius 3 is 2.68 bits per heavy atom. The van der Waals surface area contributed by atoms with Crippen LogP contribution in [0.1, 0.15) is 18.5 Å². The Kier molecular flexibility index (Phi) is 5.06. The van der Waals surface area contributed by atoms with Gasteiger partial charge in [-0.05, 0) is 36.4 Å². The second-order valence-corrected chi connectivity index (χ2v) is 7.03. The van der Waals surface area contributed by atoms with Crippen molar-refractivity contribution in [3.63, 3.8) is 0 Å². The molecule has 146 valence electrons. The van der Waals surface area contributed by atoms with Crippen molar-refractivity contribution in [1.29, 1.82) is 0 Å². The highest BCUT2D eigenvalue weighted by Crippen LogP contribution is 2.30. The lowest BCUT2D eigenvalue weighted by molar-refractivity contribution is -0.122. The molecule has 0 radical (unpaired) electrons. The number of likely N-dealkylation sites (N-methyl/N-ethyl adjacent to an activating group) is 1. The molecule has 28 heavy (non-hydrogen) atoms. The van der Waals surface area contributed by atoms with Crippen molar-refractivity contribution in [2.24, 2.45) is 4.99 Å². The number of carbonyl (C=O) groups is 1. The lowest BCUT2D eigenvalue weighted by atomic mass is 10.0. The number of halogens is 1. The Hall–Kier alpha value is -2.84. The van der Waals surface area contributed by atoms with Gasteiger partial charge in [0.25, 0.3) is 0 Å². The number of pyridine rings is 1. The molecule has 2 aliphatic rings. The van der Waals surface area contributed by atoms with Gasteiger partial charge in [-0.25, -0.2) is 19.7 Å². The Morgan fingerprint density at radius 2 is 2.00 bits per heavy atom. The molecular formula is C20H22FN5O2. The van der Waals surface area contributed by atoms with E-state index in [1.54, 1.807) is 30.3 Å². The van der Waals surface area contributed by atoms with E-state index in [-0.39, 0.29) is 11.7 Å². The number of anilines is 1. The first-order valence-corrected chi connectivity index (χ1v) is 9.24. The van der Waals surface area contributed by atoms with Gasteiger partial charge in [0.15, 0.2) is 11.6 Å². The molecule has 0 saturated carbocycles. The lowest BCUT2D eigenvalue weighted by Crippen LogP contribution is -2.47. The zero-order valence-electron chi connectivity index (χ0n) is 15.6. The second-order valence-electron chi connectivity index (χ2n) is 7.03. The molecule has 1 aromatic carbocycles. The van der Waals surface area contributed by atoms with Gasteiger partial charge in [-0.1, -0.05) is 6.07 Å². The number of nitrogens with one attached hydrogen (secondary N) is 1. The lowest BCUT2D eigenvalue weighted by Gasteiger charge is -2.35. The minimum absolute atomic E-state index is 0.0364. The van der Waals surface area contributed by atoms with Gasteiger partial charge in [-0.2, -0.15) is 0 Å². The van der Waals surface area contributed by atoms with E-state index in [2.05, 4.69) is 15.4 Å². The molecule has 0 unspecified atom stereocenters. The van der Waals surface area contributed by atoms with E-state index in [0.29, 0.717) is 44.0 Å². The Balaban J connectivity index is 1.34. The number of aromatic nitrogens is 1. The van der Waals surface area contributed by atoms with Gasteiger partial charge in [0.1, 0.15) is 11.5 Å². The molecule has 2 aliphatic heterocycles. The Bertz CT molecular complexity index is 864. The van der Waals surface area contributed by atoms with Crippen LogP contribution < -0.4 is 10.4 Å². The van der Waals surface area contributed by atoms with Gasteiger partial charge in [0.05, 0.1) is 6.54 Å². The molecule has 0 aliphatic carbocycles. The molecule has 1 aromatic heterocycles. The Morgan fingerprint density at radius 1 is 1.25 bits per heavy atom. The molecule has 3 heterocycles. The molecule has 1 spiro atoms. The zero-order chi connectivity index (χ0) is 19.6. The number of benzene rings is 1. The predicted molar refractivity (Wildman–Crippen MR) is 103 cm³/mol. The van der Waals surface area contributed by atoms with E-state index in [1.165, 1.54) is 12.1 Å². The SMILES string of the molecule is CN(C(=O)CN1CCC2(CC1)N=C(c1ccccn1)NO2)c1ccc(F)cc1. The van der Waals surface area contributed by atoms with Gasteiger partial charge in [-0.3, -0.25) is 14.7 Å². The van der Waals surface area contributed by atoms with Crippen molar-refractivity contribution in [3.8, 4) is 0 Å². The summed E-state index contributed by atoms with van der Waals surface area (Å²) in [5.74, 6) is 0.286. The average Bonchev–Trinajstić information content (AvgIpc) is 3.14. The second kappa shape index (κ2) is 7.65. The summed E-state index contributed by atoms with van der Waals surface area (Å²) in [5, 5.41) is 0. The topological polar surface area (TPSA) is 70.1 Å². The highest BCUT2D eigenvalue weighted by atomic mass is 19.1. The number of rotatable bonds is 4. The van der Waals surface area contributed by atoms with Crippen LogP contribution in [0.15, 0.2) is 53.7 Å². The van der Waals surface area contributed by atoms with Crippen LogP contribution in [-0.4, -0.2) is 54.0 Å². The standard InChI is InChI=1S/C20H22FN5O2/c1-25(16-7-5-15(21)6-8-16)18(27)14-26-12-9-20(10-13-26)23-19(24-28-20)17-4-2-3-11-22-17/h2-8,11H,9-10,12-14H2,1H3,(H,23,24). The monoisotopic (exact) mass is 383 g/mol. The minimum atomic E-state index is -0.602. The van der Waals surface area contributed by atoms with Crippen LogP contribution in [0.5, 0.6) is 0 Å². The molecule has 8 heteroatoms. The van der Waals surface area contributed by atoms with Crippen molar-refractivity contribution in [3.05, 3.63) is 60.2 Å². The van der Waals surface area contributed by atoms with Crippen molar-refractivity contribution >= 4 is 17.4 Å². The van der Waals surface area contributed by atoms with E-state index >= 15 is 0 Å². The largest absolute Gasteiger partial charge is 0.314 e. The molecule has 1 amide bonds. The average molecular weight is 383 g/mol. The predicted octanol–water partition coefficient (Wildman–Crippen LogP) is 1.96. The van der Waals surface area contributed by atoms with Crippen LogP contribution in [-0.2, 0) is 9.63 Å². The first-order valence-electron chi connectivity index (χ1n) is 9.24. The highest BCUT2D eigenvalue weighted by Gasteiger charge is 2.41. The fraction of sp³-hybridized carbons (Fsp3) is 0.350. The van der Waals surface area contributed by atoms with E-state index < -0.39 is 5.72 Å². The number of piperidine rings is 1. The number of amidine groups is 1. The Labute approximate surface area is 162 Å². The number of carbonyl (C=O) groups excluding carboxylic acids is 1. The summed E-state index contributed by atoms with van der Waals surface area (Å²) < 4.78 is 13.1. The summed E-state index contributed by atoms with van der Waals surface area (Å²) in [5.41, 5.74) is 3.72. The first kappa shape index (κ1) is 18.5. The van der Waals surface area contributed by atoms with E-state index in [9.17, 15) is 9.18 Å². The molecule has 7 nitrogen and oxygen atoms in total. The van der Waals surface area contributed by atoms with Crippen LogP contribution in [0, 0.1) is 5.82 Å². The van der Waals surface area contributed by atoms with E-state index in [4.69, 9.17) is 9.83 Å².